The summed E-state index contributed by atoms with van der Waals surface area (Å²) in [6.07, 6.45) is 11.4. The first kappa shape index (κ1) is 11.4. The van der Waals surface area contributed by atoms with Gasteiger partial charge in [0, 0.05) is 6.54 Å². The molecule has 88 valence electrons. The standard InChI is InChI=1S/C13H26N2/c14-10-13(7-3-8-13)11-15-9-6-12-4-1-2-5-12/h12,15H,1-11,14H2. The van der Waals surface area contributed by atoms with Gasteiger partial charge in [0.25, 0.3) is 0 Å². The monoisotopic (exact) mass is 210 g/mol. The number of nitrogens with one attached hydrogen (secondary N) is 1. The third-order valence-corrected chi connectivity index (χ3v) is 4.55. The molecule has 2 aliphatic rings. The highest BCUT2D eigenvalue weighted by molar-refractivity contribution is 4.90. The van der Waals surface area contributed by atoms with Crippen LogP contribution in [-0.2, 0) is 0 Å². The summed E-state index contributed by atoms with van der Waals surface area (Å²) < 4.78 is 0. The van der Waals surface area contributed by atoms with Crippen LogP contribution in [0.5, 0.6) is 0 Å². The summed E-state index contributed by atoms with van der Waals surface area (Å²) >= 11 is 0. The molecule has 2 rings (SSSR count). The first-order valence-electron chi connectivity index (χ1n) is 6.75. The zero-order chi connectivity index (χ0) is 10.6. The molecule has 0 atom stereocenters. The van der Waals surface area contributed by atoms with Crippen molar-refractivity contribution in [2.24, 2.45) is 17.1 Å². The van der Waals surface area contributed by atoms with Gasteiger partial charge in [0.05, 0.1) is 0 Å². The van der Waals surface area contributed by atoms with Crippen LogP contribution in [0.1, 0.15) is 51.4 Å². The predicted molar refractivity (Wildman–Crippen MR) is 64.8 cm³/mol. The summed E-state index contributed by atoms with van der Waals surface area (Å²) in [6.45, 7) is 3.26. The Hall–Kier alpha value is -0.0800. The molecule has 0 bridgehead atoms. The lowest BCUT2D eigenvalue weighted by molar-refractivity contribution is 0.140. The van der Waals surface area contributed by atoms with Crippen molar-refractivity contribution in [2.45, 2.75) is 51.4 Å². The van der Waals surface area contributed by atoms with Crippen molar-refractivity contribution in [3.05, 3.63) is 0 Å². The molecule has 0 spiro atoms. The summed E-state index contributed by atoms with van der Waals surface area (Å²) in [5.41, 5.74) is 6.31. The third kappa shape index (κ3) is 2.94. The minimum atomic E-state index is 0.482. The minimum Gasteiger partial charge on any atom is -0.330 e. The highest BCUT2D eigenvalue weighted by atomic mass is 14.9. The van der Waals surface area contributed by atoms with Crippen LogP contribution in [-0.4, -0.2) is 19.6 Å². The van der Waals surface area contributed by atoms with Crippen molar-refractivity contribution in [1.29, 1.82) is 0 Å². The smallest absolute Gasteiger partial charge is 0.00199 e. The van der Waals surface area contributed by atoms with Gasteiger partial charge in [-0.15, -0.1) is 0 Å². The summed E-state index contributed by atoms with van der Waals surface area (Å²) in [6, 6.07) is 0. The summed E-state index contributed by atoms with van der Waals surface area (Å²) in [5.74, 6) is 1.02. The van der Waals surface area contributed by atoms with E-state index in [0.29, 0.717) is 5.41 Å². The van der Waals surface area contributed by atoms with Crippen LogP contribution in [0.3, 0.4) is 0 Å². The van der Waals surface area contributed by atoms with Gasteiger partial charge in [0.2, 0.25) is 0 Å². The van der Waals surface area contributed by atoms with Gasteiger partial charge in [-0.05, 0) is 43.7 Å². The van der Waals surface area contributed by atoms with Gasteiger partial charge in [-0.3, -0.25) is 0 Å². The van der Waals surface area contributed by atoms with Gasteiger partial charge in [-0.1, -0.05) is 32.1 Å². The van der Waals surface area contributed by atoms with E-state index in [-0.39, 0.29) is 0 Å². The largest absolute Gasteiger partial charge is 0.330 e. The molecule has 0 saturated heterocycles. The van der Waals surface area contributed by atoms with Crippen molar-refractivity contribution in [1.82, 2.24) is 5.32 Å². The Bertz CT molecular complexity index is 175. The molecule has 2 saturated carbocycles. The normalized spacial score (nSPS) is 25.4. The molecule has 2 fully saturated rings. The molecular weight excluding hydrogens is 184 g/mol. The Balaban J connectivity index is 1.54. The highest BCUT2D eigenvalue weighted by Crippen LogP contribution is 2.39. The highest BCUT2D eigenvalue weighted by Gasteiger charge is 2.34. The van der Waals surface area contributed by atoms with Gasteiger partial charge in [0.15, 0.2) is 0 Å². The van der Waals surface area contributed by atoms with Crippen LogP contribution in [0.4, 0.5) is 0 Å². The predicted octanol–water partition coefficient (Wildman–Crippen LogP) is 2.29. The number of nitrogens with two attached hydrogens (primary N) is 1. The maximum atomic E-state index is 5.83. The molecule has 0 aromatic heterocycles. The molecular formula is C13H26N2. The van der Waals surface area contributed by atoms with E-state index >= 15 is 0 Å². The molecule has 0 heterocycles. The second-order valence-electron chi connectivity index (χ2n) is 5.67. The Kier molecular flexibility index (Phi) is 4.04. The third-order valence-electron chi connectivity index (χ3n) is 4.55. The lowest BCUT2D eigenvalue weighted by Gasteiger charge is -2.41. The van der Waals surface area contributed by atoms with Gasteiger partial charge in [-0.25, -0.2) is 0 Å². The number of rotatable bonds is 6. The lowest BCUT2D eigenvalue weighted by Crippen LogP contribution is -2.45. The van der Waals surface area contributed by atoms with E-state index in [1.807, 2.05) is 0 Å². The van der Waals surface area contributed by atoms with Crippen LogP contribution in [0.2, 0.25) is 0 Å². The first-order chi connectivity index (χ1) is 7.35. The molecule has 2 nitrogen and oxygen atoms in total. The average Bonchev–Trinajstić information content (AvgIpc) is 2.68. The van der Waals surface area contributed by atoms with Gasteiger partial charge >= 0.3 is 0 Å². The topological polar surface area (TPSA) is 38.0 Å². The van der Waals surface area contributed by atoms with E-state index in [9.17, 15) is 0 Å². The van der Waals surface area contributed by atoms with Gasteiger partial charge in [0.1, 0.15) is 0 Å². The molecule has 0 aromatic carbocycles. The fourth-order valence-electron chi connectivity index (χ4n) is 3.09. The van der Waals surface area contributed by atoms with E-state index in [2.05, 4.69) is 5.32 Å². The first-order valence-corrected chi connectivity index (χ1v) is 6.75. The molecule has 0 radical (unpaired) electrons. The SMILES string of the molecule is NCC1(CNCCC2CCCC2)CCC1. The molecule has 0 amide bonds. The molecule has 2 aliphatic carbocycles. The van der Waals surface area contributed by atoms with Crippen molar-refractivity contribution in [2.75, 3.05) is 19.6 Å². The zero-order valence-electron chi connectivity index (χ0n) is 9.93. The number of hydrogen-bond acceptors (Lipinski definition) is 2. The summed E-state index contributed by atoms with van der Waals surface area (Å²) in [7, 11) is 0. The lowest BCUT2D eigenvalue weighted by atomic mass is 9.69. The van der Waals surface area contributed by atoms with Crippen LogP contribution < -0.4 is 11.1 Å². The summed E-state index contributed by atoms with van der Waals surface area (Å²) in [5, 5.41) is 3.63. The quantitative estimate of drug-likeness (QED) is 0.660. The second-order valence-corrected chi connectivity index (χ2v) is 5.67. The maximum absolute atomic E-state index is 5.83. The number of hydrogen-bond donors (Lipinski definition) is 2. The summed E-state index contributed by atoms with van der Waals surface area (Å²) in [4.78, 5) is 0. The Morgan fingerprint density at radius 1 is 1.13 bits per heavy atom. The maximum Gasteiger partial charge on any atom is 0.00199 e. The van der Waals surface area contributed by atoms with Gasteiger partial charge in [-0.2, -0.15) is 0 Å². The van der Waals surface area contributed by atoms with Crippen LogP contribution in [0.15, 0.2) is 0 Å². The molecule has 2 heteroatoms. The van der Waals surface area contributed by atoms with Crippen molar-refractivity contribution in [3.8, 4) is 0 Å². The Morgan fingerprint density at radius 3 is 2.40 bits per heavy atom. The average molecular weight is 210 g/mol. The fraction of sp³-hybridized carbons (Fsp3) is 1.00. The molecule has 0 aromatic rings. The second kappa shape index (κ2) is 5.31. The van der Waals surface area contributed by atoms with E-state index in [1.165, 1.54) is 57.9 Å². The zero-order valence-corrected chi connectivity index (χ0v) is 9.93. The van der Waals surface area contributed by atoms with Crippen LogP contribution in [0.25, 0.3) is 0 Å². The van der Waals surface area contributed by atoms with Crippen molar-refractivity contribution >= 4 is 0 Å². The van der Waals surface area contributed by atoms with E-state index in [1.54, 1.807) is 0 Å². The molecule has 3 N–H and O–H groups in total. The van der Waals surface area contributed by atoms with Crippen LogP contribution in [0, 0.1) is 11.3 Å². The Labute approximate surface area is 94.0 Å². The van der Waals surface area contributed by atoms with Crippen molar-refractivity contribution < 1.29 is 0 Å². The minimum absolute atomic E-state index is 0.482. The fourth-order valence-corrected chi connectivity index (χ4v) is 3.09. The van der Waals surface area contributed by atoms with E-state index in [4.69, 9.17) is 5.73 Å². The van der Waals surface area contributed by atoms with Crippen LogP contribution >= 0.6 is 0 Å². The van der Waals surface area contributed by atoms with E-state index in [0.717, 1.165) is 19.0 Å². The molecule has 15 heavy (non-hydrogen) atoms. The van der Waals surface area contributed by atoms with Crippen molar-refractivity contribution in [3.63, 3.8) is 0 Å². The van der Waals surface area contributed by atoms with Gasteiger partial charge < -0.3 is 11.1 Å². The molecule has 0 aliphatic heterocycles. The molecule has 0 unspecified atom stereocenters. The van der Waals surface area contributed by atoms with E-state index < -0.39 is 0 Å². The Morgan fingerprint density at radius 2 is 1.87 bits per heavy atom.